The van der Waals surface area contributed by atoms with Gasteiger partial charge < -0.3 is 24.8 Å². The van der Waals surface area contributed by atoms with Crippen molar-refractivity contribution in [3.63, 3.8) is 0 Å². The van der Waals surface area contributed by atoms with Crippen LogP contribution in [0, 0.1) is 16.7 Å². The number of rotatable bonds is 10. The van der Waals surface area contributed by atoms with Gasteiger partial charge in [0.15, 0.2) is 11.5 Å². The molecule has 42 heavy (non-hydrogen) atoms. The highest BCUT2D eigenvalue weighted by Gasteiger charge is 2.63. The SMILES string of the molecule is COc1cc(/C=C/C(=O)NC(CSc2cccs2)C(=O)N2CCCC2C(=O)OC2C[C@@H]3CCC2(C)C3(C)C)ccc1O. The highest BCUT2D eigenvalue weighted by Crippen LogP contribution is 2.66. The maximum absolute atomic E-state index is 13.9. The Kier molecular flexibility index (Phi) is 8.94. The number of phenolic OH excluding ortho intramolecular Hbond substituents is 1. The molecule has 3 fully saturated rings. The minimum absolute atomic E-state index is 0.00677. The van der Waals surface area contributed by atoms with Gasteiger partial charge in [-0.2, -0.15) is 0 Å². The summed E-state index contributed by atoms with van der Waals surface area (Å²) in [5, 5.41) is 14.7. The number of fused-ring (bicyclic) bond motifs is 2. The van der Waals surface area contributed by atoms with E-state index in [2.05, 4.69) is 26.1 Å². The fraction of sp³-hybridized carbons (Fsp3) is 0.531. The van der Waals surface area contributed by atoms with Crippen LogP contribution in [0.25, 0.3) is 6.08 Å². The van der Waals surface area contributed by atoms with Crippen molar-refractivity contribution >= 4 is 47.0 Å². The second kappa shape index (κ2) is 12.3. The van der Waals surface area contributed by atoms with Crippen LogP contribution in [0.2, 0.25) is 0 Å². The molecule has 2 N–H and O–H groups in total. The van der Waals surface area contributed by atoms with Crippen LogP contribution in [0.3, 0.4) is 0 Å². The minimum atomic E-state index is -0.823. The Hall–Kier alpha value is -2.98. The summed E-state index contributed by atoms with van der Waals surface area (Å²) in [6.07, 6.45) is 7.19. The molecule has 226 valence electrons. The number of thioether (sulfide) groups is 1. The molecule has 5 atom stereocenters. The van der Waals surface area contributed by atoms with Gasteiger partial charge in [-0.3, -0.25) is 9.59 Å². The average Bonchev–Trinajstić information content (AvgIpc) is 3.74. The van der Waals surface area contributed by atoms with Crippen molar-refractivity contribution in [1.29, 1.82) is 0 Å². The monoisotopic (exact) mass is 612 g/mol. The van der Waals surface area contributed by atoms with E-state index in [0.29, 0.717) is 42.4 Å². The zero-order chi connectivity index (χ0) is 30.1. The smallest absolute Gasteiger partial charge is 0.329 e. The van der Waals surface area contributed by atoms with E-state index in [1.807, 2.05) is 17.5 Å². The summed E-state index contributed by atoms with van der Waals surface area (Å²) in [6, 6.07) is 7.23. The van der Waals surface area contributed by atoms with Crippen LogP contribution < -0.4 is 10.1 Å². The number of benzene rings is 1. The zero-order valence-electron chi connectivity index (χ0n) is 24.6. The molecule has 1 saturated heterocycles. The lowest BCUT2D eigenvalue weighted by Gasteiger charge is -2.39. The van der Waals surface area contributed by atoms with E-state index in [1.165, 1.54) is 37.4 Å². The van der Waals surface area contributed by atoms with Gasteiger partial charge in [-0.1, -0.05) is 32.9 Å². The van der Waals surface area contributed by atoms with Crippen LogP contribution in [-0.4, -0.2) is 65.4 Å². The third kappa shape index (κ3) is 5.93. The van der Waals surface area contributed by atoms with Gasteiger partial charge in [-0.15, -0.1) is 23.1 Å². The standard InChI is InChI=1S/C32H40N2O6S2/c1-31(2)21-13-14-32(31,3)26(18-21)40-30(38)23-7-5-15-34(23)29(37)22(19-42-28-8-6-16-41-28)33-27(36)12-10-20-9-11-24(35)25(17-20)39-4/h6,8-12,16-17,21-23,26,35H,5,7,13-15,18-19H2,1-4H3,(H,33,36)/b12-10+/t21-,22?,23?,26?,32?/m0/s1. The van der Waals surface area contributed by atoms with Crippen molar-refractivity contribution in [3.8, 4) is 11.5 Å². The Labute approximate surface area is 255 Å². The molecule has 2 aromatic rings. The average molecular weight is 613 g/mol. The van der Waals surface area contributed by atoms with Gasteiger partial charge in [0.25, 0.3) is 0 Å². The number of carbonyl (C=O) groups excluding carboxylic acids is 3. The number of thiophene rings is 1. The summed E-state index contributed by atoms with van der Waals surface area (Å²) >= 11 is 3.07. The quantitative estimate of drug-likeness (QED) is 0.207. The number of methoxy groups -OCH3 is 1. The summed E-state index contributed by atoms with van der Waals surface area (Å²) < 4.78 is 12.4. The van der Waals surface area contributed by atoms with E-state index in [4.69, 9.17) is 9.47 Å². The number of hydrogen-bond acceptors (Lipinski definition) is 8. The van der Waals surface area contributed by atoms with Gasteiger partial charge in [0, 0.05) is 23.8 Å². The molecule has 3 aliphatic rings. The maximum Gasteiger partial charge on any atom is 0.329 e. The first-order valence-electron chi connectivity index (χ1n) is 14.6. The topological polar surface area (TPSA) is 105 Å². The molecule has 1 aliphatic heterocycles. The number of likely N-dealkylation sites (tertiary alicyclic amines) is 1. The summed E-state index contributed by atoms with van der Waals surface area (Å²) in [5.41, 5.74) is 0.731. The van der Waals surface area contributed by atoms with Gasteiger partial charge in [-0.05, 0) is 78.7 Å². The van der Waals surface area contributed by atoms with Gasteiger partial charge in [0.2, 0.25) is 11.8 Å². The summed E-state index contributed by atoms with van der Waals surface area (Å²) in [5.74, 6) is 0.161. The second-order valence-electron chi connectivity index (χ2n) is 12.3. The summed E-state index contributed by atoms with van der Waals surface area (Å²) in [4.78, 5) is 42.0. The fourth-order valence-corrected chi connectivity index (χ4v) is 8.70. The normalized spacial score (nSPS) is 26.9. The molecule has 1 aromatic heterocycles. The van der Waals surface area contributed by atoms with Gasteiger partial charge in [-0.25, -0.2) is 4.79 Å². The van der Waals surface area contributed by atoms with E-state index in [-0.39, 0.29) is 34.6 Å². The highest BCUT2D eigenvalue weighted by atomic mass is 32.2. The van der Waals surface area contributed by atoms with E-state index in [0.717, 1.165) is 17.1 Å². The molecule has 5 rings (SSSR count). The number of ether oxygens (including phenoxy) is 2. The third-order valence-electron chi connectivity index (χ3n) is 9.91. The number of aromatic hydroxyl groups is 1. The van der Waals surface area contributed by atoms with Crippen molar-refractivity contribution < 1.29 is 29.0 Å². The third-order valence-corrected chi connectivity index (χ3v) is 12.1. The molecular weight excluding hydrogens is 572 g/mol. The summed E-state index contributed by atoms with van der Waals surface area (Å²) in [6.45, 7) is 7.27. The Morgan fingerprint density at radius 2 is 2.05 bits per heavy atom. The molecule has 0 spiro atoms. The number of hydrogen-bond donors (Lipinski definition) is 2. The Balaban J connectivity index is 1.27. The van der Waals surface area contributed by atoms with E-state index in [1.54, 1.807) is 34.4 Å². The number of nitrogens with zero attached hydrogens (tertiary/aromatic N) is 1. The molecule has 2 amide bonds. The van der Waals surface area contributed by atoms with Crippen molar-refractivity contribution in [3.05, 3.63) is 47.4 Å². The summed E-state index contributed by atoms with van der Waals surface area (Å²) in [7, 11) is 1.46. The molecule has 0 radical (unpaired) electrons. The first-order valence-corrected chi connectivity index (χ1v) is 16.4. The highest BCUT2D eigenvalue weighted by molar-refractivity contribution is 8.01. The number of carbonyl (C=O) groups is 3. The van der Waals surface area contributed by atoms with E-state index < -0.39 is 18.0 Å². The molecule has 4 unspecified atom stereocenters. The van der Waals surface area contributed by atoms with Crippen molar-refractivity contribution in [1.82, 2.24) is 10.2 Å². The predicted octanol–water partition coefficient (Wildman–Crippen LogP) is 5.50. The van der Waals surface area contributed by atoms with Crippen LogP contribution in [0.1, 0.15) is 58.4 Å². The molecular formula is C32H40N2O6S2. The van der Waals surface area contributed by atoms with Crippen molar-refractivity contribution in [2.24, 2.45) is 16.7 Å². The van der Waals surface area contributed by atoms with Gasteiger partial charge in [0.1, 0.15) is 18.2 Å². The Morgan fingerprint density at radius 3 is 2.71 bits per heavy atom. The lowest BCUT2D eigenvalue weighted by atomic mass is 9.70. The Morgan fingerprint density at radius 1 is 1.24 bits per heavy atom. The van der Waals surface area contributed by atoms with Gasteiger partial charge >= 0.3 is 5.97 Å². The number of esters is 1. The second-order valence-corrected chi connectivity index (χ2v) is 14.6. The molecule has 2 heterocycles. The Bertz CT molecular complexity index is 1340. The lowest BCUT2D eigenvalue weighted by molar-refractivity contribution is -0.165. The first kappa shape index (κ1) is 30.5. The predicted molar refractivity (Wildman–Crippen MR) is 165 cm³/mol. The maximum atomic E-state index is 13.9. The molecule has 8 nitrogen and oxygen atoms in total. The van der Waals surface area contributed by atoms with Crippen LogP contribution in [0.4, 0.5) is 0 Å². The number of amides is 2. The molecule has 2 bridgehead atoms. The van der Waals surface area contributed by atoms with Crippen molar-refractivity contribution in [2.75, 3.05) is 19.4 Å². The lowest BCUT2D eigenvalue weighted by Crippen LogP contribution is -2.53. The molecule has 2 aliphatic carbocycles. The zero-order valence-corrected chi connectivity index (χ0v) is 26.3. The van der Waals surface area contributed by atoms with E-state index >= 15 is 0 Å². The minimum Gasteiger partial charge on any atom is -0.504 e. The van der Waals surface area contributed by atoms with Crippen LogP contribution in [0.5, 0.6) is 11.5 Å². The molecule has 10 heteroatoms. The van der Waals surface area contributed by atoms with Crippen LogP contribution in [0.15, 0.2) is 46.0 Å². The number of nitrogens with one attached hydrogen (secondary N) is 1. The largest absolute Gasteiger partial charge is 0.504 e. The van der Waals surface area contributed by atoms with Crippen LogP contribution >= 0.6 is 23.1 Å². The van der Waals surface area contributed by atoms with Crippen molar-refractivity contribution in [2.45, 2.75) is 75.3 Å². The fourth-order valence-electron chi connectivity index (χ4n) is 6.88. The van der Waals surface area contributed by atoms with Gasteiger partial charge in [0.05, 0.1) is 11.3 Å². The molecule has 2 saturated carbocycles. The van der Waals surface area contributed by atoms with E-state index in [9.17, 15) is 19.5 Å². The first-order chi connectivity index (χ1) is 20.0. The number of phenols is 1. The van der Waals surface area contributed by atoms with Crippen LogP contribution in [-0.2, 0) is 19.1 Å². The molecule has 1 aromatic carbocycles.